The van der Waals surface area contributed by atoms with Crippen molar-refractivity contribution in [3.63, 3.8) is 0 Å². The Kier molecular flexibility index (Phi) is 3.28. The van der Waals surface area contributed by atoms with Crippen LogP contribution in [0, 0.1) is 13.8 Å². The zero-order chi connectivity index (χ0) is 12.3. The maximum Gasteiger partial charge on any atom is 0.230 e. The molecular weight excluding hydrogens is 212 g/mol. The first-order valence-electron chi connectivity index (χ1n) is 5.64. The van der Waals surface area contributed by atoms with Gasteiger partial charge < -0.3 is 10.3 Å². The van der Waals surface area contributed by atoms with E-state index in [9.17, 15) is 4.79 Å². The van der Waals surface area contributed by atoms with Crippen molar-refractivity contribution in [1.82, 2.24) is 4.98 Å². The second-order valence-electron chi connectivity index (χ2n) is 4.22. The molecule has 0 aliphatic heterocycles. The number of H-pyrrole nitrogens is 1. The van der Waals surface area contributed by atoms with Gasteiger partial charge >= 0.3 is 0 Å². The van der Waals surface area contributed by atoms with Crippen LogP contribution in [0.4, 0.5) is 5.69 Å². The van der Waals surface area contributed by atoms with E-state index in [0.717, 1.165) is 11.4 Å². The first kappa shape index (κ1) is 11.5. The minimum atomic E-state index is -0.00398. The van der Waals surface area contributed by atoms with Crippen LogP contribution < -0.4 is 5.32 Å². The molecule has 2 rings (SSSR count). The van der Waals surface area contributed by atoms with Gasteiger partial charge in [0.15, 0.2) is 0 Å². The molecule has 2 N–H and O–H groups in total. The van der Waals surface area contributed by atoms with Gasteiger partial charge in [0.1, 0.15) is 0 Å². The van der Waals surface area contributed by atoms with Crippen LogP contribution >= 0.6 is 0 Å². The number of hydrogen-bond donors (Lipinski definition) is 2. The Bertz CT molecular complexity index is 515. The second-order valence-corrected chi connectivity index (χ2v) is 4.22. The second kappa shape index (κ2) is 4.87. The van der Waals surface area contributed by atoms with Crippen molar-refractivity contribution in [3.8, 4) is 0 Å². The molecule has 2 aromatic rings. The molecule has 1 amide bonds. The molecule has 0 aliphatic rings. The van der Waals surface area contributed by atoms with Gasteiger partial charge in [0.25, 0.3) is 0 Å². The van der Waals surface area contributed by atoms with Gasteiger partial charge in [0, 0.05) is 17.6 Å². The zero-order valence-electron chi connectivity index (χ0n) is 10.1. The Balaban J connectivity index is 2.00. The fourth-order valence-electron chi connectivity index (χ4n) is 1.67. The quantitative estimate of drug-likeness (QED) is 0.833. The number of hydrogen-bond acceptors (Lipinski definition) is 1. The summed E-state index contributed by atoms with van der Waals surface area (Å²) in [6.45, 7) is 4.09. The van der Waals surface area contributed by atoms with E-state index in [4.69, 9.17) is 0 Å². The maximum absolute atomic E-state index is 11.7. The monoisotopic (exact) mass is 228 g/mol. The number of rotatable bonds is 3. The highest BCUT2D eigenvalue weighted by Gasteiger charge is 2.05. The minimum Gasteiger partial charge on any atom is -0.365 e. The number of amides is 1. The maximum atomic E-state index is 11.7. The largest absolute Gasteiger partial charge is 0.365 e. The van der Waals surface area contributed by atoms with Gasteiger partial charge in [-0.3, -0.25) is 4.79 Å². The molecule has 0 atom stereocenters. The lowest BCUT2D eigenvalue weighted by molar-refractivity contribution is -0.115. The normalized spacial score (nSPS) is 10.2. The highest BCUT2D eigenvalue weighted by atomic mass is 16.1. The fraction of sp³-hybridized carbons (Fsp3) is 0.214. The topological polar surface area (TPSA) is 44.9 Å². The summed E-state index contributed by atoms with van der Waals surface area (Å²) in [4.78, 5) is 14.8. The van der Waals surface area contributed by atoms with Crippen LogP contribution in [0.5, 0.6) is 0 Å². The number of aromatic amines is 1. The van der Waals surface area contributed by atoms with Crippen LogP contribution in [0.2, 0.25) is 0 Å². The molecule has 0 fully saturated rings. The lowest BCUT2D eigenvalue weighted by Gasteiger charge is -2.07. The van der Waals surface area contributed by atoms with Crippen molar-refractivity contribution in [2.24, 2.45) is 0 Å². The first-order valence-corrected chi connectivity index (χ1v) is 5.64. The van der Waals surface area contributed by atoms with Crippen LogP contribution in [0.15, 0.2) is 36.5 Å². The molecule has 0 radical (unpaired) electrons. The Morgan fingerprint density at radius 2 is 2.06 bits per heavy atom. The molecule has 0 bridgehead atoms. The van der Waals surface area contributed by atoms with Crippen LogP contribution in [0.25, 0.3) is 0 Å². The molecule has 1 aromatic carbocycles. The van der Waals surface area contributed by atoms with Gasteiger partial charge in [-0.2, -0.15) is 0 Å². The lowest BCUT2D eigenvalue weighted by Crippen LogP contribution is -2.14. The fourth-order valence-corrected chi connectivity index (χ4v) is 1.67. The third-order valence-electron chi connectivity index (χ3n) is 2.80. The summed E-state index contributed by atoms with van der Waals surface area (Å²) < 4.78 is 0. The Hall–Kier alpha value is -2.03. The highest BCUT2D eigenvalue weighted by Crippen LogP contribution is 2.14. The van der Waals surface area contributed by atoms with Crippen molar-refractivity contribution in [3.05, 3.63) is 53.3 Å². The van der Waals surface area contributed by atoms with Crippen molar-refractivity contribution >= 4 is 11.6 Å². The molecule has 1 heterocycles. The average molecular weight is 228 g/mol. The molecule has 1 aromatic heterocycles. The van der Waals surface area contributed by atoms with E-state index in [2.05, 4.69) is 17.2 Å². The summed E-state index contributed by atoms with van der Waals surface area (Å²) in [5, 5.41) is 2.89. The van der Waals surface area contributed by atoms with Gasteiger partial charge in [-0.1, -0.05) is 6.07 Å². The Morgan fingerprint density at radius 1 is 1.24 bits per heavy atom. The molecule has 17 heavy (non-hydrogen) atoms. The summed E-state index contributed by atoms with van der Waals surface area (Å²) in [7, 11) is 0. The lowest BCUT2D eigenvalue weighted by atomic mass is 10.1. The van der Waals surface area contributed by atoms with E-state index in [1.165, 1.54) is 11.1 Å². The molecule has 88 valence electrons. The predicted octanol–water partition coefficient (Wildman–Crippen LogP) is 2.81. The highest BCUT2D eigenvalue weighted by molar-refractivity contribution is 5.92. The van der Waals surface area contributed by atoms with Gasteiger partial charge in [-0.05, 0) is 49.2 Å². The van der Waals surface area contributed by atoms with Crippen molar-refractivity contribution in [2.45, 2.75) is 20.3 Å². The number of carbonyl (C=O) groups is 1. The summed E-state index contributed by atoms with van der Waals surface area (Å²) >= 11 is 0. The van der Waals surface area contributed by atoms with Gasteiger partial charge in [0.05, 0.1) is 6.42 Å². The summed E-state index contributed by atoms with van der Waals surface area (Å²) in [5.74, 6) is -0.00398. The third kappa shape index (κ3) is 2.97. The predicted molar refractivity (Wildman–Crippen MR) is 69.0 cm³/mol. The van der Waals surface area contributed by atoms with E-state index >= 15 is 0 Å². The molecule has 0 saturated heterocycles. The minimum absolute atomic E-state index is 0.00398. The molecule has 0 saturated carbocycles. The Labute approximate surface area is 101 Å². The molecule has 0 spiro atoms. The van der Waals surface area contributed by atoms with E-state index < -0.39 is 0 Å². The number of aryl methyl sites for hydroxylation is 2. The van der Waals surface area contributed by atoms with Crippen molar-refractivity contribution < 1.29 is 4.79 Å². The van der Waals surface area contributed by atoms with Gasteiger partial charge in [0.2, 0.25) is 5.91 Å². The molecule has 0 unspecified atom stereocenters. The molecule has 3 nitrogen and oxygen atoms in total. The van der Waals surface area contributed by atoms with E-state index in [-0.39, 0.29) is 5.91 Å². The van der Waals surface area contributed by atoms with Crippen LogP contribution in [0.1, 0.15) is 16.8 Å². The third-order valence-corrected chi connectivity index (χ3v) is 2.80. The van der Waals surface area contributed by atoms with Gasteiger partial charge in [-0.25, -0.2) is 0 Å². The Morgan fingerprint density at radius 3 is 2.71 bits per heavy atom. The van der Waals surface area contributed by atoms with Crippen LogP contribution in [-0.4, -0.2) is 10.9 Å². The van der Waals surface area contributed by atoms with E-state index in [1.807, 2.05) is 43.5 Å². The SMILES string of the molecule is Cc1ccc(NC(=O)Cc2ccc[nH]2)cc1C. The van der Waals surface area contributed by atoms with E-state index in [0.29, 0.717) is 6.42 Å². The summed E-state index contributed by atoms with van der Waals surface area (Å²) in [5.41, 5.74) is 4.19. The first-order chi connectivity index (χ1) is 8.15. The smallest absolute Gasteiger partial charge is 0.230 e. The summed E-state index contributed by atoms with van der Waals surface area (Å²) in [6.07, 6.45) is 2.19. The van der Waals surface area contributed by atoms with Crippen LogP contribution in [-0.2, 0) is 11.2 Å². The van der Waals surface area contributed by atoms with E-state index in [1.54, 1.807) is 0 Å². The van der Waals surface area contributed by atoms with Crippen molar-refractivity contribution in [2.75, 3.05) is 5.32 Å². The van der Waals surface area contributed by atoms with Gasteiger partial charge in [-0.15, -0.1) is 0 Å². The zero-order valence-corrected chi connectivity index (χ0v) is 10.1. The molecular formula is C14H16N2O. The van der Waals surface area contributed by atoms with Crippen molar-refractivity contribution in [1.29, 1.82) is 0 Å². The standard InChI is InChI=1S/C14H16N2O/c1-10-5-6-13(8-11(10)2)16-14(17)9-12-4-3-7-15-12/h3-8,15H,9H2,1-2H3,(H,16,17). The number of aromatic nitrogens is 1. The summed E-state index contributed by atoms with van der Waals surface area (Å²) in [6, 6.07) is 9.72. The number of benzene rings is 1. The number of carbonyl (C=O) groups excluding carboxylic acids is 1. The molecule has 3 heteroatoms. The number of nitrogens with one attached hydrogen (secondary N) is 2. The molecule has 0 aliphatic carbocycles. The van der Waals surface area contributed by atoms with Crippen LogP contribution in [0.3, 0.4) is 0 Å². The number of anilines is 1. The average Bonchev–Trinajstić information content (AvgIpc) is 2.76.